The molecule has 5 nitrogen and oxygen atoms in total. The molecule has 5 heteroatoms. The number of aromatic nitrogens is 1. The molecule has 0 radical (unpaired) electrons. The SMILES string of the molecule is CCCCCC(CCC)c1ccc(C(=O)Nc2c(CC)[nH]c(C)c2/C=C\C(Nc2ccccc2OC)=C(C)C)cc1. The zero-order chi connectivity index (χ0) is 29.8. The molecule has 0 saturated heterocycles. The summed E-state index contributed by atoms with van der Waals surface area (Å²) < 4.78 is 5.52. The third-order valence-electron chi connectivity index (χ3n) is 7.67. The Morgan fingerprint density at radius 1 is 0.951 bits per heavy atom. The number of methoxy groups -OCH3 is 1. The molecule has 0 aliphatic rings. The maximum absolute atomic E-state index is 13.4. The minimum Gasteiger partial charge on any atom is -0.495 e. The second kappa shape index (κ2) is 15.9. The van der Waals surface area contributed by atoms with Gasteiger partial charge in [-0.1, -0.05) is 76.3 Å². The summed E-state index contributed by atoms with van der Waals surface area (Å²) in [4.78, 5) is 16.9. The molecule has 0 aliphatic carbocycles. The molecular formula is C36H49N3O2. The molecular weight excluding hydrogens is 506 g/mol. The Morgan fingerprint density at radius 3 is 2.32 bits per heavy atom. The highest BCUT2D eigenvalue weighted by molar-refractivity contribution is 6.06. The summed E-state index contributed by atoms with van der Waals surface area (Å²) >= 11 is 0. The number of amides is 1. The average molecular weight is 556 g/mol. The van der Waals surface area contributed by atoms with Crippen LogP contribution >= 0.6 is 0 Å². The number of rotatable bonds is 15. The lowest BCUT2D eigenvalue weighted by Crippen LogP contribution is -2.13. The summed E-state index contributed by atoms with van der Waals surface area (Å²) in [5, 5.41) is 6.73. The normalized spacial score (nSPS) is 11.9. The second-order valence-electron chi connectivity index (χ2n) is 11.0. The van der Waals surface area contributed by atoms with Crippen LogP contribution in [0.5, 0.6) is 5.75 Å². The molecule has 0 saturated carbocycles. The van der Waals surface area contributed by atoms with Gasteiger partial charge in [-0.15, -0.1) is 0 Å². The van der Waals surface area contributed by atoms with Crippen LogP contribution in [0, 0.1) is 6.92 Å². The van der Waals surface area contributed by atoms with Crippen LogP contribution in [0.4, 0.5) is 11.4 Å². The predicted octanol–water partition coefficient (Wildman–Crippen LogP) is 10.0. The zero-order valence-corrected chi connectivity index (χ0v) is 26.1. The van der Waals surface area contributed by atoms with Gasteiger partial charge in [-0.2, -0.15) is 0 Å². The third-order valence-corrected chi connectivity index (χ3v) is 7.67. The van der Waals surface area contributed by atoms with E-state index < -0.39 is 0 Å². The fourth-order valence-electron chi connectivity index (χ4n) is 5.27. The lowest BCUT2D eigenvalue weighted by atomic mass is 9.89. The molecule has 0 bridgehead atoms. The number of allylic oxidation sites excluding steroid dienone is 2. The molecule has 2 aromatic carbocycles. The van der Waals surface area contributed by atoms with E-state index in [4.69, 9.17) is 4.74 Å². The quantitative estimate of drug-likeness (QED) is 0.129. The van der Waals surface area contributed by atoms with Gasteiger partial charge in [0.1, 0.15) is 5.75 Å². The van der Waals surface area contributed by atoms with Crippen LogP contribution in [0.1, 0.15) is 112 Å². The minimum absolute atomic E-state index is 0.0903. The molecule has 0 aliphatic heterocycles. The van der Waals surface area contributed by atoms with E-state index in [1.807, 2.05) is 43.3 Å². The number of nitrogens with one attached hydrogen (secondary N) is 3. The monoisotopic (exact) mass is 555 g/mol. The van der Waals surface area contributed by atoms with Crippen molar-refractivity contribution in [1.29, 1.82) is 0 Å². The molecule has 3 rings (SSSR count). The first kappa shape index (κ1) is 31.8. The Kier molecular flexibility index (Phi) is 12.3. The van der Waals surface area contributed by atoms with Crippen LogP contribution < -0.4 is 15.4 Å². The lowest BCUT2D eigenvalue weighted by molar-refractivity contribution is 0.102. The van der Waals surface area contributed by atoms with Crippen LogP contribution in [-0.4, -0.2) is 18.0 Å². The number of aryl methyl sites for hydroxylation is 2. The van der Waals surface area contributed by atoms with E-state index in [-0.39, 0.29) is 5.91 Å². The van der Waals surface area contributed by atoms with Crippen molar-refractivity contribution in [3.8, 4) is 5.75 Å². The molecule has 3 aromatic rings. The number of benzene rings is 2. The summed E-state index contributed by atoms with van der Waals surface area (Å²) in [5.41, 5.74) is 8.88. The standard InChI is InChI=1S/C36H49N3O2/c1-8-11-12-16-27(15-9-2)28-19-21-29(22-20-28)36(40)39-35-30(26(6)37-31(35)10-3)23-24-32(25(4)5)38-33-17-13-14-18-34(33)41-7/h13-14,17-24,27,37-38H,8-12,15-16H2,1-7H3,(H,39,40)/b24-23-. The number of hydrogen-bond acceptors (Lipinski definition) is 3. The van der Waals surface area contributed by atoms with E-state index in [9.17, 15) is 4.79 Å². The highest BCUT2D eigenvalue weighted by Gasteiger charge is 2.17. The average Bonchev–Trinajstić information content (AvgIpc) is 3.28. The Labute approximate surface area is 247 Å². The van der Waals surface area contributed by atoms with Crippen LogP contribution in [-0.2, 0) is 6.42 Å². The van der Waals surface area contributed by atoms with Gasteiger partial charge in [0.05, 0.1) is 18.5 Å². The molecule has 1 amide bonds. The Morgan fingerprint density at radius 2 is 1.68 bits per heavy atom. The fourth-order valence-corrected chi connectivity index (χ4v) is 5.27. The molecule has 41 heavy (non-hydrogen) atoms. The molecule has 1 atom stereocenters. The van der Waals surface area contributed by atoms with E-state index in [1.54, 1.807) is 7.11 Å². The number of hydrogen-bond donors (Lipinski definition) is 3. The van der Waals surface area contributed by atoms with Gasteiger partial charge in [-0.25, -0.2) is 0 Å². The number of H-pyrrole nitrogens is 1. The number of anilines is 2. The number of ether oxygens (including phenoxy) is 1. The van der Waals surface area contributed by atoms with Crippen molar-refractivity contribution in [2.24, 2.45) is 0 Å². The number of para-hydroxylation sites is 2. The van der Waals surface area contributed by atoms with Gasteiger partial charge in [-0.05, 0) is 87.9 Å². The van der Waals surface area contributed by atoms with Crippen LogP contribution in [0.15, 0.2) is 65.9 Å². The van der Waals surface area contributed by atoms with Crippen molar-refractivity contribution in [3.63, 3.8) is 0 Å². The van der Waals surface area contributed by atoms with E-state index in [0.29, 0.717) is 11.5 Å². The highest BCUT2D eigenvalue weighted by Crippen LogP contribution is 2.31. The Balaban J connectivity index is 1.83. The van der Waals surface area contributed by atoms with Crippen LogP contribution in [0.3, 0.4) is 0 Å². The lowest BCUT2D eigenvalue weighted by Gasteiger charge is -2.17. The number of unbranched alkanes of at least 4 members (excludes halogenated alkanes) is 2. The van der Waals surface area contributed by atoms with Gasteiger partial charge in [-0.3, -0.25) is 4.79 Å². The summed E-state index contributed by atoms with van der Waals surface area (Å²) in [6.45, 7) is 12.8. The van der Waals surface area contributed by atoms with Gasteiger partial charge >= 0.3 is 0 Å². The predicted molar refractivity (Wildman–Crippen MR) is 175 cm³/mol. The van der Waals surface area contributed by atoms with Gasteiger partial charge in [0, 0.05) is 28.2 Å². The van der Waals surface area contributed by atoms with Gasteiger partial charge in [0.2, 0.25) is 0 Å². The number of carbonyl (C=O) groups is 1. The van der Waals surface area contributed by atoms with Crippen molar-refractivity contribution in [2.75, 3.05) is 17.7 Å². The maximum Gasteiger partial charge on any atom is 0.255 e. The van der Waals surface area contributed by atoms with E-state index >= 15 is 0 Å². The van der Waals surface area contributed by atoms with Crippen molar-refractivity contribution < 1.29 is 9.53 Å². The van der Waals surface area contributed by atoms with Crippen molar-refractivity contribution in [3.05, 3.63) is 94.0 Å². The molecule has 0 fully saturated rings. The first-order valence-corrected chi connectivity index (χ1v) is 15.2. The molecule has 1 unspecified atom stereocenters. The first-order chi connectivity index (χ1) is 19.8. The number of aromatic amines is 1. The second-order valence-corrected chi connectivity index (χ2v) is 11.0. The largest absolute Gasteiger partial charge is 0.495 e. The maximum atomic E-state index is 13.4. The van der Waals surface area contributed by atoms with Crippen LogP contribution in [0.2, 0.25) is 0 Å². The van der Waals surface area contributed by atoms with E-state index in [0.717, 1.165) is 51.8 Å². The molecule has 220 valence electrons. The Bertz CT molecular complexity index is 1330. The summed E-state index contributed by atoms with van der Waals surface area (Å²) in [6.07, 6.45) is 12.3. The molecule has 1 aromatic heterocycles. The zero-order valence-electron chi connectivity index (χ0n) is 26.1. The molecule has 1 heterocycles. The van der Waals surface area contributed by atoms with Crippen LogP contribution in [0.25, 0.3) is 6.08 Å². The third kappa shape index (κ3) is 8.63. The highest BCUT2D eigenvalue weighted by atomic mass is 16.5. The molecule has 3 N–H and O–H groups in total. The topological polar surface area (TPSA) is 66.2 Å². The molecule has 0 spiro atoms. The number of carbonyl (C=O) groups excluding carboxylic acids is 1. The summed E-state index contributed by atoms with van der Waals surface area (Å²) in [5.74, 6) is 1.26. The summed E-state index contributed by atoms with van der Waals surface area (Å²) in [7, 11) is 1.67. The Hall–Kier alpha value is -3.73. The summed E-state index contributed by atoms with van der Waals surface area (Å²) in [6, 6.07) is 16.1. The smallest absolute Gasteiger partial charge is 0.255 e. The van der Waals surface area contributed by atoms with Crippen molar-refractivity contribution in [1.82, 2.24) is 4.98 Å². The van der Waals surface area contributed by atoms with E-state index in [1.165, 1.54) is 44.1 Å². The van der Waals surface area contributed by atoms with Crippen molar-refractivity contribution >= 4 is 23.4 Å². The van der Waals surface area contributed by atoms with Gasteiger partial charge < -0.3 is 20.4 Å². The van der Waals surface area contributed by atoms with Gasteiger partial charge in [0.25, 0.3) is 5.91 Å². The minimum atomic E-state index is -0.0903. The van der Waals surface area contributed by atoms with Crippen molar-refractivity contribution in [2.45, 2.75) is 92.4 Å². The first-order valence-electron chi connectivity index (χ1n) is 15.2. The van der Waals surface area contributed by atoms with E-state index in [2.05, 4.69) is 74.5 Å². The fraction of sp³-hybridized carbons (Fsp3) is 0.417. The van der Waals surface area contributed by atoms with Gasteiger partial charge in [0.15, 0.2) is 0 Å².